The van der Waals surface area contributed by atoms with Gasteiger partial charge in [-0.3, -0.25) is 14.9 Å². The summed E-state index contributed by atoms with van der Waals surface area (Å²) in [7, 11) is 2.02. The van der Waals surface area contributed by atoms with Gasteiger partial charge in [-0.15, -0.1) is 0 Å². The van der Waals surface area contributed by atoms with Crippen LogP contribution >= 0.6 is 0 Å². The fourth-order valence-corrected chi connectivity index (χ4v) is 3.30. The average Bonchev–Trinajstić information content (AvgIpc) is 2.54. The summed E-state index contributed by atoms with van der Waals surface area (Å²) in [5.74, 6) is -0.528. The van der Waals surface area contributed by atoms with Crippen LogP contribution in [0.15, 0.2) is 23.1 Å². The third-order valence-electron chi connectivity index (χ3n) is 4.82. The third kappa shape index (κ3) is 3.16. The van der Waals surface area contributed by atoms with Crippen LogP contribution < -0.4 is 10.3 Å². The Kier molecular flexibility index (Phi) is 4.47. The zero-order valence-electron chi connectivity index (χ0n) is 15.5. The van der Waals surface area contributed by atoms with Crippen molar-refractivity contribution in [2.75, 3.05) is 38.1 Å². The molecule has 2 aromatic rings. The van der Waals surface area contributed by atoms with Crippen molar-refractivity contribution in [1.82, 2.24) is 9.47 Å². The first kappa shape index (κ1) is 18.3. The van der Waals surface area contributed by atoms with Crippen LogP contribution in [0.3, 0.4) is 0 Å². The Morgan fingerprint density at radius 3 is 2.31 bits per heavy atom. The van der Waals surface area contributed by atoms with Crippen molar-refractivity contribution in [1.29, 1.82) is 0 Å². The molecule has 0 radical (unpaired) electrons. The number of halogens is 1. The molecule has 0 bridgehead atoms. The molecule has 1 aliphatic heterocycles. The van der Waals surface area contributed by atoms with E-state index in [0.29, 0.717) is 24.3 Å². The molecule has 0 N–H and O–H groups in total. The van der Waals surface area contributed by atoms with E-state index < -0.39 is 27.4 Å². The quantitative estimate of drug-likeness (QED) is 0.606. The minimum Gasteiger partial charge on any atom is -0.367 e. The van der Waals surface area contributed by atoms with Crippen molar-refractivity contribution < 1.29 is 9.31 Å². The number of likely N-dealkylation sites (N-methyl/N-ethyl adjacent to an activating group) is 1. The van der Waals surface area contributed by atoms with E-state index in [9.17, 15) is 19.3 Å². The first-order valence-corrected chi connectivity index (χ1v) is 8.57. The molecule has 1 fully saturated rings. The third-order valence-corrected chi connectivity index (χ3v) is 4.82. The lowest BCUT2D eigenvalue weighted by Crippen LogP contribution is -2.44. The van der Waals surface area contributed by atoms with Gasteiger partial charge < -0.3 is 14.4 Å². The van der Waals surface area contributed by atoms with E-state index in [4.69, 9.17) is 0 Å². The van der Waals surface area contributed by atoms with Gasteiger partial charge >= 0.3 is 5.69 Å². The molecule has 0 amide bonds. The summed E-state index contributed by atoms with van der Waals surface area (Å²) in [4.78, 5) is 27.2. The number of anilines is 1. The highest BCUT2D eigenvalue weighted by atomic mass is 19.1. The van der Waals surface area contributed by atoms with Crippen LogP contribution in [0.1, 0.15) is 20.8 Å². The highest BCUT2D eigenvalue weighted by Crippen LogP contribution is 2.30. The first-order valence-electron chi connectivity index (χ1n) is 8.57. The minimum atomic E-state index is -0.755. The van der Waals surface area contributed by atoms with Gasteiger partial charge in [0, 0.05) is 31.7 Å². The van der Waals surface area contributed by atoms with E-state index >= 15 is 0 Å². The maximum atomic E-state index is 14.8. The Bertz CT molecular complexity index is 925. The number of rotatable bonds is 2. The van der Waals surface area contributed by atoms with Gasteiger partial charge in [0.2, 0.25) is 0 Å². The Morgan fingerprint density at radius 1 is 1.15 bits per heavy atom. The molecule has 2 heterocycles. The summed E-state index contributed by atoms with van der Waals surface area (Å²) in [6.07, 6.45) is 1.26. The first-order chi connectivity index (χ1) is 12.1. The molecule has 1 aliphatic rings. The van der Waals surface area contributed by atoms with E-state index in [-0.39, 0.29) is 5.39 Å². The van der Waals surface area contributed by atoms with E-state index in [0.717, 1.165) is 19.2 Å². The smallest absolute Gasteiger partial charge is 0.333 e. The van der Waals surface area contributed by atoms with Gasteiger partial charge in [-0.2, -0.15) is 0 Å². The van der Waals surface area contributed by atoms with Crippen molar-refractivity contribution in [2.24, 2.45) is 0 Å². The summed E-state index contributed by atoms with van der Waals surface area (Å²) in [5.41, 5.74) is -0.873. The molecule has 0 spiro atoms. The van der Waals surface area contributed by atoms with Gasteiger partial charge in [0.1, 0.15) is 5.82 Å². The van der Waals surface area contributed by atoms with Crippen molar-refractivity contribution in [2.45, 2.75) is 26.3 Å². The number of benzene rings is 1. The molecule has 8 heteroatoms. The molecule has 7 nitrogen and oxygen atoms in total. The largest absolute Gasteiger partial charge is 0.367 e. The monoisotopic (exact) mass is 362 g/mol. The molecule has 140 valence electrons. The van der Waals surface area contributed by atoms with E-state index in [2.05, 4.69) is 4.90 Å². The summed E-state index contributed by atoms with van der Waals surface area (Å²) in [6, 6.07) is 2.78. The number of piperazine rings is 1. The standard InChI is InChI=1S/C18H23FN4O3/c1-18(2,3)22-11-16(23(25)26)17(24)12-9-13(19)15(10-14(12)22)21-7-5-20(4)6-8-21/h9-11H,5-8H2,1-4H3. The van der Waals surface area contributed by atoms with Crippen LogP contribution in [0.4, 0.5) is 15.8 Å². The Hall–Kier alpha value is -2.48. The number of aromatic nitrogens is 1. The van der Waals surface area contributed by atoms with Crippen molar-refractivity contribution in [3.8, 4) is 0 Å². The van der Waals surface area contributed by atoms with Gasteiger partial charge in [-0.25, -0.2) is 4.39 Å². The van der Waals surface area contributed by atoms with Crippen LogP contribution in [0.2, 0.25) is 0 Å². The molecule has 0 aliphatic carbocycles. The molecular weight excluding hydrogens is 339 g/mol. The molecule has 1 aromatic heterocycles. The lowest BCUT2D eigenvalue weighted by Gasteiger charge is -2.34. The summed E-state index contributed by atoms with van der Waals surface area (Å²) >= 11 is 0. The minimum absolute atomic E-state index is 0.0319. The molecule has 0 atom stereocenters. The van der Waals surface area contributed by atoms with Crippen molar-refractivity contribution >= 4 is 22.3 Å². The molecule has 1 saturated heterocycles. The number of fused-ring (bicyclic) bond motifs is 1. The Labute approximate surface area is 150 Å². The maximum absolute atomic E-state index is 14.8. The summed E-state index contributed by atoms with van der Waals surface area (Å²) < 4.78 is 16.5. The zero-order valence-corrected chi connectivity index (χ0v) is 15.5. The maximum Gasteiger partial charge on any atom is 0.333 e. The second-order valence-corrected chi connectivity index (χ2v) is 7.75. The van der Waals surface area contributed by atoms with Crippen LogP contribution in [-0.4, -0.2) is 47.6 Å². The van der Waals surface area contributed by atoms with Gasteiger partial charge in [0.15, 0.2) is 0 Å². The second kappa shape index (κ2) is 6.35. The SMILES string of the molecule is CN1CCN(c2cc3c(cc2F)c(=O)c([N+](=O)[O-])cn3C(C)(C)C)CC1. The number of hydrogen-bond acceptors (Lipinski definition) is 5. The second-order valence-electron chi connectivity index (χ2n) is 7.75. The normalized spacial score (nSPS) is 16.3. The number of nitro groups is 1. The molecule has 0 unspecified atom stereocenters. The highest BCUT2D eigenvalue weighted by Gasteiger charge is 2.26. The van der Waals surface area contributed by atoms with Crippen LogP contribution in [0.25, 0.3) is 10.9 Å². The number of nitrogens with zero attached hydrogens (tertiary/aromatic N) is 4. The Morgan fingerprint density at radius 2 is 1.77 bits per heavy atom. The number of pyridine rings is 1. The van der Waals surface area contributed by atoms with Gasteiger partial charge in [-0.05, 0) is 40.0 Å². The molecule has 1 aromatic carbocycles. The summed E-state index contributed by atoms with van der Waals surface area (Å²) in [6.45, 7) is 8.68. The molecule has 26 heavy (non-hydrogen) atoms. The average molecular weight is 362 g/mol. The van der Waals surface area contributed by atoms with Crippen LogP contribution in [0.5, 0.6) is 0 Å². The van der Waals surface area contributed by atoms with Crippen LogP contribution in [0, 0.1) is 15.9 Å². The lowest BCUT2D eigenvalue weighted by atomic mass is 10.0. The number of hydrogen-bond donors (Lipinski definition) is 0. The van der Waals surface area contributed by atoms with Crippen LogP contribution in [-0.2, 0) is 5.54 Å². The van der Waals surface area contributed by atoms with Gasteiger partial charge in [0.05, 0.1) is 27.7 Å². The topological polar surface area (TPSA) is 71.6 Å². The predicted molar refractivity (Wildman–Crippen MR) is 99.5 cm³/mol. The lowest BCUT2D eigenvalue weighted by molar-refractivity contribution is -0.386. The van der Waals surface area contributed by atoms with Gasteiger partial charge in [-0.1, -0.05) is 0 Å². The molecule has 0 saturated carbocycles. The molecular formula is C18H23FN4O3. The van der Waals surface area contributed by atoms with E-state index in [1.807, 2.05) is 32.7 Å². The van der Waals surface area contributed by atoms with E-state index in [1.165, 1.54) is 6.20 Å². The zero-order chi connectivity index (χ0) is 19.2. The Balaban J connectivity index is 2.27. The van der Waals surface area contributed by atoms with Gasteiger partial charge in [0.25, 0.3) is 5.43 Å². The van der Waals surface area contributed by atoms with Crippen molar-refractivity contribution in [3.05, 3.63) is 44.5 Å². The fourth-order valence-electron chi connectivity index (χ4n) is 3.30. The summed E-state index contributed by atoms with van der Waals surface area (Å²) in [5, 5.41) is 11.3. The van der Waals surface area contributed by atoms with E-state index in [1.54, 1.807) is 10.6 Å². The van der Waals surface area contributed by atoms with Crippen molar-refractivity contribution in [3.63, 3.8) is 0 Å². The highest BCUT2D eigenvalue weighted by molar-refractivity contribution is 5.85. The predicted octanol–water partition coefficient (Wildman–Crippen LogP) is 2.56. The molecule has 3 rings (SSSR count). The fraction of sp³-hybridized carbons (Fsp3) is 0.500.